The summed E-state index contributed by atoms with van der Waals surface area (Å²) in [6.45, 7) is 5.55. The van der Waals surface area contributed by atoms with Crippen molar-refractivity contribution in [3.8, 4) is 0 Å². The van der Waals surface area contributed by atoms with Gasteiger partial charge in [0.05, 0.1) is 35.1 Å². The number of aromatic nitrogens is 2. The molecule has 1 aromatic heterocycles. The van der Waals surface area contributed by atoms with Gasteiger partial charge in [-0.05, 0) is 51.3 Å². The average Bonchev–Trinajstić information content (AvgIpc) is 2.62. The highest BCUT2D eigenvalue weighted by atomic mass is 16.5. The summed E-state index contributed by atoms with van der Waals surface area (Å²) in [7, 11) is 0. The van der Waals surface area contributed by atoms with E-state index in [1.165, 1.54) is 0 Å². The Morgan fingerprint density at radius 1 is 1.20 bits per heavy atom. The molecule has 1 aliphatic heterocycles. The molecule has 1 amide bonds. The Balaban J connectivity index is 1.47. The molecule has 132 valence electrons. The van der Waals surface area contributed by atoms with E-state index in [2.05, 4.69) is 20.6 Å². The maximum absolute atomic E-state index is 12.7. The van der Waals surface area contributed by atoms with Gasteiger partial charge in [-0.15, -0.1) is 0 Å². The van der Waals surface area contributed by atoms with Gasteiger partial charge in [-0.2, -0.15) is 0 Å². The van der Waals surface area contributed by atoms with Crippen LogP contribution in [0.1, 0.15) is 30.7 Å². The fourth-order valence-corrected chi connectivity index (χ4v) is 3.80. The van der Waals surface area contributed by atoms with E-state index >= 15 is 0 Å². The molecule has 2 heterocycles. The molecular formula is C19H24N4O2. The summed E-state index contributed by atoms with van der Waals surface area (Å²) in [6.07, 6.45) is 2.92. The molecule has 6 nitrogen and oxygen atoms in total. The molecular weight excluding hydrogens is 316 g/mol. The monoisotopic (exact) mass is 340 g/mol. The summed E-state index contributed by atoms with van der Waals surface area (Å²) < 4.78 is 5.79. The van der Waals surface area contributed by atoms with E-state index in [0.29, 0.717) is 6.04 Å². The highest BCUT2D eigenvalue weighted by molar-refractivity contribution is 5.94. The van der Waals surface area contributed by atoms with Gasteiger partial charge in [0.2, 0.25) is 5.91 Å². The van der Waals surface area contributed by atoms with Crippen molar-refractivity contribution in [2.45, 2.75) is 45.3 Å². The molecule has 1 aliphatic carbocycles. The first-order valence-electron chi connectivity index (χ1n) is 9.01. The number of ether oxygens (including phenoxy) is 1. The first-order valence-corrected chi connectivity index (χ1v) is 9.01. The minimum Gasteiger partial charge on any atom is -0.375 e. The van der Waals surface area contributed by atoms with Crippen molar-refractivity contribution in [3.05, 3.63) is 29.6 Å². The standard InChI is InChI=1S/C19H24N4O2/c1-11-12(2)22-16-10-14(4-5-15(16)21-11)23-19(24)13-3-6-18-17(9-13)20-7-8-25-18/h4-5,10,13,17-18,20H,3,6-9H2,1-2H3,(H,23,24)/t13-,17+,18+/m0/s1. The van der Waals surface area contributed by atoms with Crippen LogP contribution in [0.3, 0.4) is 0 Å². The fourth-order valence-electron chi connectivity index (χ4n) is 3.80. The van der Waals surface area contributed by atoms with E-state index in [4.69, 9.17) is 4.74 Å². The van der Waals surface area contributed by atoms with Gasteiger partial charge in [0, 0.05) is 24.2 Å². The van der Waals surface area contributed by atoms with Crippen LogP contribution in [0.4, 0.5) is 5.69 Å². The zero-order valence-corrected chi connectivity index (χ0v) is 14.7. The van der Waals surface area contributed by atoms with E-state index < -0.39 is 0 Å². The van der Waals surface area contributed by atoms with Crippen molar-refractivity contribution in [1.82, 2.24) is 15.3 Å². The summed E-state index contributed by atoms with van der Waals surface area (Å²) in [6, 6.07) is 6.02. The first kappa shape index (κ1) is 16.4. The Hall–Kier alpha value is -2.05. The molecule has 1 saturated heterocycles. The maximum atomic E-state index is 12.7. The van der Waals surface area contributed by atoms with Gasteiger partial charge >= 0.3 is 0 Å². The molecule has 0 spiro atoms. The number of nitrogens with one attached hydrogen (secondary N) is 2. The zero-order valence-electron chi connectivity index (χ0n) is 14.7. The number of hydrogen-bond donors (Lipinski definition) is 2. The second-order valence-corrected chi connectivity index (χ2v) is 7.07. The van der Waals surface area contributed by atoms with E-state index in [9.17, 15) is 4.79 Å². The lowest BCUT2D eigenvalue weighted by molar-refractivity contribution is -0.123. The summed E-state index contributed by atoms with van der Waals surface area (Å²) in [5.74, 6) is 0.110. The molecule has 4 rings (SSSR count). The number of anilines is 1. The molecule has 0 bridgehead atoms. The van der Waals surface area contributed by atoms with Crippen molar-refractivity contribution in [2.75, 3.05) is 18.5 Å². The van der Waals surface area contributed by atoms with Crippen LogP contribution in [0.2, 0.25) is 0 Å². The molecule has 0 radical (unpaired) electrons. The lowest BCUT2D eigenvalue weighted by Gasteiger charge is -2.39. The minimum absolute atomic E-state index is 0.0250. The van der Waals surface area contributed by atoms with Crippen LogP contribution in [0.25, 0.3) is 11.0 Å². The number of amides is 1. The Morgan fingerprint density at radius 3 is 2.84 bits per heavy atom. The average molecular weight is 340 g/mol. The van der Waals surface area contributed by atoms with Crippen LogP contribution < -0.4 is 10.6 Å². The van der Waals surface area contributed by atoms with Crippen LogP contribution in [0, 0.1) is 19.8 Å². The van der Waals surface area contributed by atoms with Crippen molar-refractivity contribution < 1.29 is 9.53 Å². The third kappa shape index (κ3) is 3.37. The van der Waals surface area contributed by atoms with Gasteiger partial charge < -0.3 is 15.4 Å². The highest BCUT2D eigenvalue weighted by Gasteiger charge is 2.35. The Morgan fingerprint density at radius 2 is 2.00 bits per heavy atom. The largest absolute Gasteiger partial charge is 0.375 e. The topological polar surface area (TPSA) is 76.1 Å². The number of rotatable bonds is 2. The number of nitrogens with zero attached hydrogens (tertiary/aromatic N) is 2. The Bertz CT molecular complexity index is 807. The lowest BCUT2D eigenvalue weighted by Crippen LogP contribution is -2.52. The third-order valence-corrected chi connectivity index (χ3v) is 5.34. The quantitative estimate of drug-likeness (QED) is 0.878. The highest BCUT2D eigenvalue weighted by Crippen LogP contribution is 2.29. The van der Waals surface area contributed by atoms with Crippen molar-refractivity contribution >= 4 is 22.6 Å². The van der Waals surface area contributed by atoms with Crippen LogP contribution in [0.15, 0.2) is 18.2 Å². The number of morpholine rings is 1. The van der Waals surface area contributed by atoms with Crippen LogP contribution in [-0.4, -0.2) is 41.2 Å². The lowest BCUT2D eigenvalue weighted by atomic mass is 9.82. The van der Waals surface area contributed by atoms with Gasteiger partial charge in [-0.1, -0.05) is 0 Å². The molecule has 0 unspecified atom stereocenters. The maximum Gasteiger partial charge on any atom is 0.227 e. The summed E-state index contributed by atoms with van der Waals surface area (Å²) in [4.78, 5) is 21.8. The number of carbonyl (C=O) groups is 1. The van der Waals surface area contributed by atoms with Crippen molar-refractivity contribution in [3.63, 3.8) is 0 Å². The summed E-state index contributed by atoms with van der Waals surface area (Å²) in [5.41, 5.74) is 4.29. The van der Waals surface area contributed by atoms with Crippen LogP contribution in [-0.2, 0) is 9.53 Å². The summed E-state index contributed by atoms with van der Waals surface area (Å²) >= 11 is 0. The molecule has 1 aromatic carbocycles. The number of aryl methyl sites for hydroxylation is 2. The molecule has 2 aromatic rings. The normalized spacial score (nSPS) is 26.2. The molecule has 6 heteroatoms. The molecule has 3 atom stereocenters. The van der Waals surface area contributed by atoms with E-state index in [1.807, 2.05) is 32.0 Å². The second kappa shape index (κ2) is 6.69. The molecule has 1 saturated carbocycles. The number of carbonyl (C=O) groups excluding carboxylic acids is 1. The molecule has 25 heavy (non-hydrogen) atoms. The molecule has 2 fully saturated rings. The predicted octanol–water partition coefficient (Wildman–Crippen LogP) is 2.34. The van der Waals surface area contributed by atoms with E-state index in [0.717, 1.165) is 60.5 Å². The second-order valence-electron chi connectivity index (χ2n) is 7.07. The SMILES string of the molecule is Cc1nc2ccc(NC(=O)[C@H]3CC[C@H]4OCCN[C@@H]4C3)cc2nc1C. The first-order chi connectivity index (χ1) is 12.1. The van der Waals surface area contributed by atoms with Gasteiger partial charge in [-0.25, -0.2) is 9.97 Å². The molecule has 2 N–H and O–H groups in total. The number of benzene rings is 1. The van der Waals surface area contributed by atoms with E-state index in [1.54, 1.807) is 0 Å². The van der Waals surface area contributed by atoms with Gasteiger partial charge in [0.15, 0.2) is 0 Å². The van der Waals surface area contributed by atoms with Crippen molar-refractivity contribution in [2.24, 2.45) is 5.92 Å². The predicted molar refractivity (Wildman–Crippen MR) is 96.5 cm³/mol. The fraction of sp³-hybridized carbons (Fsp3) is 0.526. The van der Waals surface area contributed by atoms with Crippen molar-refractivity contribution in [1.29, 1.82) is 0 Å². The summed E-state index contributed by atoms with van der Waals surface area (Å²) in [5, 5.41) is 6.54. The number of hydrogen-bond acceptors (Lipinski definition) is 5. The third-order valence-electron chi connectivity index (χ3n) is 5.34. The van der Waals surface area contributed by atoms with Gasteiger partial charge in [0.25, 0.3) is 0 Å². The van der Waals surface area contributed by atoms with Gasteiger partial charge in [-0.3, -0.25) is 4.79 Å². The zero-order chi connectivity index (χ0) is 17.4. The van der Waals surface area contributed by atoms with Crippen LogP contribution in [0.5, 0.6) is 0 Å². The Kier molecular flexibility index (Phi) is 4.39. The Labute approximate surface area is 147 Å². The molecule has 2 aliphatic rings. The van der Waals surface area contributed by atoms with Gasteiger partial charge in [0.1, 0.15) is 0 Å². The smallest absolute Gasteiger partial charge is 0.227 e. The van der Waals surface area contributed by atoms with E-state index in [-0.39, 0.29) is 17.9 Å². The minimum atomic E-state index is 0.0250. The number of fused-ring (bicyclic) bond motifs is 2. The van der Waals surface area contributed by atoms with Crippen LogP contribution >= 0.6 is 0 Å².